The largest absolute Gasteiger partial charge is 0.480 e. The Bertz CT molecular complexity index is 611. The summed E-state index contributed by atoms with van der Waals surface area (Å²) < 4.78 is 0. The molecule has 3 amide bonds. The Balaban J connectivity index is 5.30. The normalized spacial score (nSPS) is 16.2. The van der Waals surface area contributed by atoms with E-state index >= 15 is 0 Å². The van der Waals surface area contributed by atoms with Gasteiger partial charge in [0.25, 0.3) is 0 Å². The lowest BCUT2D eigenvalue weighted by Crippen LogP contribution is -2.58. The van der Waals surface area contributed by atoms with Gasteiger partial charge in [0.15, 0.2) is 0 Å². The molecule has 0 rings (SSSR count). The first kappa shape index (κ1) is 28.8. The Morgan fingerprint density at radius 3 is 1.61 bits per heavy atom. The minimum absolute atomic E-state index is 0.0189. The van der Waals surface area contributed by atoms with Gasteiger partial charge in [0, 0.05) is 0 Å². The van der Waals surface area contributed by atoms with Crippen molar-refractivity contribution in [2.24, 2.45) is 23.5 Å². The highest BCUT2D eigenvalue weighted by atomic mass is 16.4. The van der Waals surface area contributed by atoms with Gasteiger partial charge < -0.3 is 31.9 Å². The molecule has 0 heterocycles. The summed E-state index contributed by atoms with van der Waals surface area (Å²) in [6, 6.07) is -4.22. The molecule has 0 aliphatic heterocycles. The lowest BCUT2D eigenvalue weighted by atomic mass is 9.99. The third kappa shape index (κ3) is 10.6. The van der Waals surface area contributed by atoms with Gasteiger partial charge in [0.2, 0.25) is 17.7 Å². The van der Waals surface area contributed by atoms with Crippen LogP contribution in [0.4, 0.5) is 0 Å². The monoisotopic (exact) mass is 444 g/mol. The molecule has 0 aromatic carbocycles. The van der Waals surface area contributed by atoms with E-state index in [9.17, 15) is 29.4 Å². The highest BCUT2D eigenvalue weighted by Gasteiger charge is 2.31. The maximum absolute atomic E-state index is 12.7. The van der Waals surface area contributed by atoms with Gasteiger partial charge in [-0.05, 0) is 30.6 Å². The average molecular weight is 445 g/mol. The van der Waals surface area contributed by atoms with E-state index in [0.29, 0.717) is 6.42 Å². The number of nitrogens with one attached hydrogen (secondary N) is 3. The molecule has 5 unspecified atom stereocenters. The van der Waals surface area contributed by atoms with Crippen molar-refractivity contribution >= 4 is 23.7 Å². The Hall–Kier alpha value is -2.20. The maximum atomic E-state index is 12.7. The van der Waals surface area contributed by atoms with Crippen LogP contribution in [0, 0.1) is 17.8 Å². The quantitative estimate of drug-likeness (QED) is 0.219. The van der Waals surface area contributed by atoms with Crippen LogP contribution in [-0.4, -0.2) is 64.7 Å². The Kier molecular flexibility index (Phi) is 13.0. The van der Waals surface area contributed by atoms with Crippen LogP contribution >= 0.6 is 0 Å². The Morgan fingerprint density at radius 1 is 0.774 bits per heavy atom. The van der Waals surface area contributed by atoms with Crippen molar-refractivity contribution in [2.45, 2.75) is 85.0 Å². The minimum atomic E-state index is -1.28. The summed E-state index contributed by atoms with van der Waals surface area (Å²) in [5, 5.41) is 26.4. The number of carbonyl (C=O) groups is 4. The zero-order chi connectivity index (χ0) is 24.3. The van der Waals surface area contributed by atoms with Crippen molar-refractivity contribution in [3.8, 4) is 0 Å². The van der Waals surface area contributed by atoms with E-state index in [0.717, 1.165) is 0 Å². The lowest BCUT2D eigenvalue weighted by molar-refractivity contribution is -0.143. The molecular weight excluding hydrogens is 404 g/mol. The smallest absolute Gasteiger partial charge is 0.326 e. The molecule has 0 spiro atoms. The number of carbonyl (C=O) groups excluding carboxylic acids is 3. The second kappa shape index (κ2) is 14.0. The molecule has 0 fully saturated rings. The van der Waals surface area contributed by atoms with Crippen LogP contribution < -0.4 is 21.7 Å². The van der Waals surface area contributed by atoms with E-state index in [1.807, 2.05) is 34.6 Å². The Morgan fingerprint density at radius 2 is 1.19 bits per heavy atom. The molecule has 0 aromatic rings. The van der Waals surface area contributed by atoms with E-state index in [4.69, 9.17) is 5.73 Å². The maximum Gasteiger partial charge on any atom is 0.326 e. The number of aliphatic hydroxyl groups is 1. The lowest BCUT2D eigenvalue weighted by Gasteiger charge is -2.26. The summed E-state index contributed by atoms with van der Waals surface area (Å²) in [5.41, 5.74) is 5.87. The summed E-state index contributed by atoms with van der Waals surface area (Å²) in [4.78, 5) is 49.1. The fourth-order valence-corrected chi connectivity index (χ4v) is 2.91. The summed E-state index contributed by atoms with van der Waals surface area (Å²) in [5.74, 6) is -3.16. The number of aliphatic hydroxyl groups excluding tert-OH is 1. The SMILES string of the molecule is CCC(C)C(N)C(=O)NC(CO)C(=O)NC(CC(C)C)C(=O)NC(CC(C)C)C(=O)O. The van der Waals surface area contributed by atoms with Crippen LogP contribution in [0.3, 0.4) is 0 Å². The van der Waals surface area contributed by atoms with Gasteiger partial charge in [0.05, 0.1) is 12.6 Å². The molecule has 0 aliphatic carbocycles. The van der Waals surface area contributed by atoms with E-state index in [-0.39, 0.29) is 30.6 Å². The van der Waals surface area contributed by atoms with Gasteiger partial charge in [-0.1, -0.05) is 48.0 Å². The molecule has 0 saturated carbocycles. The van der Waals surface area contributed by atoms with Gasteiger partial charge in [-0.2, -0.15) is 0 Å². The molecule has 10 heteroatoms. The van der Waals surface area contributed by atoms with E-state index in [2.05, 4.69) is 16.0 Å². The van der Waals surface area contributed by atoms with Crippen LogP contribution in [0.1, 0.15) is 60.8 Å². The predicted octanol–water partition coefficient (Wildman–Crippen LogP) is -0.0167. The molecule has 0 saturated heterocycles. The molecule has 0 aliphatic rings. The minimum Gasteiger partial charge on any atom is -0.480 e. The van der Waals surface area contributed by atoms with Gasteiger partial charge in [-0.25, -0.2) is 4.79 Å². The number of nitrogens with two attached hydrogens (primary N) is 1. The summed E-state index contributed by atoms with van der Waals surface area (Å²) in [6.45, 7) is 10.4. The highest BCUT2D eigenvalue weighted by Crippen LogP contribution is 2.10. The van der Waals surface area contributed by atoms with Crippen molar-refractivity contribution in [3.63, 3.8) is 0 Å². The fraction of sp³-hybridized carbons (Fsp3) is 0.810. The molecule has 10 nitrogen and oxygen atoms in total. The highest BCUT2D eigenvalue weighted by molar-refractivity contribution is 5.94. The van der Waals surface area contributed by atoms with Crippen molar-refractivity contribution in [3.05, 3.63) is 0 Å². The molecule has 0 radical (unpaired) electrons. The van der Waals surface area contributed by atoms with Crippen LogP contribution in [0.2, 0.25) is 0 Å². The van der Waals surface area contributed by atoms with Gasteiger partial charge in [-0.15, -0.1) is 0 Å². The third-order valence-electron chi connectivity index (χ3n) is 5.04. The molecule has 7 N–H and O–H groups in total. The molecule has 5 atom stereocenters. The number of carboxylic acids is 1. The number of aliphatic carboxylic acids is 1. The zero-order valence-corrected chi connectivity index (χ0v) is 19.5. The third-order valence-corrected chi connectivity index (χ3v) is 5.04. The van der Waals surface area contributed by atoms with Crippen LogP contribution in [0.15, 0.2) is 0 Å². The number of hydrogen-bond acceptors (Lipinski definition) is 6. The zero-order valence-electron chi connectivity index (χ0n) is 19.5. The topological polar surface area (TPSA) is 171 Å². The molecule has 180 valence electrons. The second-order valence-electron chi connectivity index (χ2n) is 8.87. The summed E-state index contributed by atoms with van der Waals surface area (Å²) >= 11 is 0. The van der Waals surface area contributed by atoms with Gasteiger partial charge in [-0.3, -0.25) is 14.4 Å². The molecule has 0 aromatic heterocycles. The van der Waals surface area contributed by atoms with Crippen molar-refractivity contribution < 1.29 is 29.4 Å². The summed E-state index contributed by atoms with van der Waals surface area (Å²) in [6.07, 6.45) is 1.17. The first-order valence-corrected chi connectivity index (χ1v) is 10.8. The number of carboxylic acid groups (broad SMARTS) is 1. The van der Waals surface area contributed by atoms with Crippen LogP contribution in [-0.2, 0) is 19.2 Å². The standard InChI is InChI=1S/C21H40N4O6/c1-7-13(6)17(22)20(29)25-16(10-26)19(28)23-14(8-11(2)3)18(27)24-15(21(30)31)9-12(4)5/h11-17,26H,7-10,22H2,1-6H3,(H,23,28)(H,24,27)(H,25,29)(H,30,31). The Labute approximate surface area is 184 Å². The van der Waals surface area contributed by atoms with Crippen LogP contribution in [0.25, 0.3) is 0 Å². The average Bonchev–Trinajstić information content (AvgIpc) is 2.68. The molecule has 31 heavy (non-hydrogen) atoms. The predicted molar refractivity (Wildman–Crippen MR) is 117 cm³/mol. The number of amides is 3. The second-order valence-corrected chi connectivity index (χ2v) is 8.87. The molecule has 0 bridgehead atoms. The number of rotatable bonds is 14. The van der Waals surface area contributed by atoms with Gasteiger partial charge in [0.1, 0.15) is 18.1 Å². The van der Waals surface area contributed by atoms with E-state index in [1.54, 1.807) is 6.92 Å². The number of hydrogen-bond donors (Lipinski definition) is 6. The first-order chi connectivity index (χ1) is 14.3. The molecular formula is C21H40N4O6. The van der Waals surface area contributed by atoms with E-state index < -0.39 is 54.5 Å². The van der Waals surface area contributed by atoms with E-state index in [1.165, 1.54) is 0 Å². The first-order valence-electron chi connectivity index (χ1n) is 10.8. The van der Waals surface area contributed by atoms with Crippen LogP contribution in [0.5, 0.6) is 0 Å². The van der Waals surface area contributed by atoms with Crippen molar-refractivity contribution in [2.75, 3.05) is 6.61 Å². The van der Waals surface area contributed by atoms with Crippen molar-refractivity contribution in [1.29, 1.82) is 0 Å². The van der Waals surface area contributed by atoms with Crippen molar-refractivity contribution in [1.82, 2.24) is 16.0 Å². The fourth-order valence-electron chi connectivity index (χ4n) is 2.91. The summed E-state index contributed by atoms with van der Waals surface area (Å²) in [7, 11) is 0. The van der Waals surface area contributed by atoms with Gasteiger partial charge >= 0.3 is 5.97 Å².